The summed E-state index contributed by atoms with van der Waals surface area (Å²) in [6, 6.07) is 0. The van der Waals surface area contributed by atoms with E-state index in [9.17, 15) is 12.3 Å². The van der Waals surface area contributed by atoms with E-state index in [0.29, 0.717) is 12.8 Å². The average Bonchev–Trinajstić information content (AvgIpc) is 2.16. The molecule has 1 aliphatic rings. The fourth-order valence-electron chi connectivity index (χ4n) is 0.420. The first-order valence-corrected chi connectivity index (χ1v) is 3.78. The van der Waals surface area contributed by atoms with Gasteiger partial charge in [-0.3, -0.25) is 0 Å². The lowest BCUT2D eigenvalue weighted by Crippen LogP contribution is -2.12. The lowest BCUT2D eigenvalue weighted by atomic mass is 10.5. The summed E-state index contributed by atoms with van der Waals surface area (Å²) in [5.74, 6) is 0. The van der Waals surface area contributed by atoms with E-state index >= 15 is 0 Å². The normalized spacial score (nSPS) is 25.2. The molecule has 0 aromatic heterocycles. The molecule has 0 aromatic rings. The third-order valence-corrected chi connectivity index (χ3v) is 3.13. The largest absolute Gasteiger partial charge is 0.307 e. The lowest BCUT2D eigenvalue weighted by molar-refractivity contribution is 0.535. The molecule has 0 unspecified atom stereocenters. The molecule has 8 heavy (non-hydrogen) atoms. The Bertz CT molecular complexity index is 190. The molecule has 0 aliphatic heterocycles. The SMILES string of the molecule is CC1(S(=O)(=O)F)CC1. The molecule has 0 N–H and O–H groups in total. The molecular formula is C4H7FO2S. The van der Waals surface area contributed by atoms with Crippen molar-refractivity contribution in [3.63, 3.8) is 0 Å². The van der Waals surface area contributed by atoms with Gasteiger partial charge in [0.15, 0.2) is 0 Å². The topological polar surface area (TPSA) is 34.1 Å². The molecule has 0 spiro atoms. The maximum atomic E-state index is 11.9. The van der Waals surface area contributed by atoms with Crippen LogP contribution in [0.2, 0.25) is 0 Å². The Balaban J connectivity index is 2.90. The van der Waals surface area contributed by atoms with E-state index in [4.69, 9.17) is 0 Å². The van der Waals surface area contributed by atoms with Gasteiger partial charge in [-0.25, -0.2) is 0 Å². The molecule has 0 atom stereocenters. The van der Waals surface area contributed by atoms with Crippen LogP contribution < -0.4 is 0 Å². The van der Waals surface area contributed by atoms with E-state index in [1.165, 1.54) is 6.92 Å². The predicted molar refractivity (Wildman–Crippen MR) is 27.7 cm³/mol. The third-order valence-electron chi connectivity index (χ3n) is 1.54. The molecule has 0 aromatic carbocycles. The Morgan fingerprint density at radius 2 is 1.88 bits per heavy atom. The van der Waals surface area contributed by atoms with Crippen molar-refractivity contribution in [1.29, 1.82) is 0 Å². The molecule has 4 heteroatoms. The zero-order valence-corrected chi connectivity index (χ0v) is 5.33. The van der Waals surface area contributed by atoms with Crippen molar-refractivity contribution in [2.75, 3.05) is 0 Å². The Labute approximate surface area is 47.9 Å². The van der Waals surface area contributed by atoms with Crippen LogP contribution in [-0.4, -0.2) is 13.2 Å². The Morgan fingerprint density at radius 1 is 1.50 bits per heavy atom. The Hall–Kier alpha value is -0.120. The molecule has 1 rings (SSSR count). The van der Waals surface area contributed by atoms with Gasteiger partial charge in [-0.15, -0.1) is 3.89 Å². The van der Waals surface area contributed by atoms with Gasteiger partial charge in [0, 0.05) is 0 Å². The molecule has 1 aliphatic carbocycles. The number of hydrogen-bond acceptors (Lipinski definition) is 2. The van der Waals surface area contributed by atoms with Crippen molar-refractivity contribution in [3.8, 4) is 0 Å². The molecule has 0 radical (unpaired) electrons. The smallest absolute Gasteiger partial charge is 0.194 e. The van der Waals surface area contributed by atoms with E-state index in [0.717, 1.165) is 0 Å². The van der Waals surface area contributed by atoms with Gasteiger partial charge in [0.1, 0.15) is 0 Å². The van der Waals surface area contributed by atoms with Gasteiger partial charge in [-0.05, 0) is 19.8 Å². The summed E-state index contributed by atoms with van der Waals surface area (Å²) in [4.78, 5) is 0. The molecule has 1 fully saturated rings. The third kappa shape index (κ3) is 0.727. The van der Waals surface area contributed by atoms with Crippen molar-refractivity contribution in [1.82, 2.24) is 0 Å². The van der Waals surface area contributed by atoms with Gasteiger partial charge < -0.3 is 0 Å². The first-order chi connectivity index (χ1) is 3.46. The van der Waals surface area contributed by atoms with E-state index in [2.05, 4.69) is 0 Å². The Morgan fingerprint density at radius 3 is 1.88 bits per heavy atom. The predicted octanol–water partition coefficient (Wildman–Crippen LogP) is 0.838. The number of rotatable bonds is 1. The number of hydrogen-bond donors (Lipinski definition) is 0. The molecule has 48 valence electrons. The molecule has 0 saturated heterocycles. The van der Waals surface area contributed by atoms with Crippen LogP contribution in [0.25, 0.3) is 0 Å². The van der Waals surface area contributed by atoms with Crippen molar-refractivity contribution in [2.24, 2.45) is 0 Å². The van der Waals surface area contributed by atoms with Crippen LogP contribution in [0.4, 0.5) is 3.89 Å². The van der Waals surface area contributed by atoms with Gasteiger partial charge in [0.05, 0.1) is 4.75 Å². The molecule has 2 nitrogen and oxygen atoms in total. The van der Waals surface area contributed by atoms with Crippen molar-refractivity contribution in [3.05, 3.63) is 0 Å². The van der Waals surface area contributed by atoms with Crippen LogP contribution in [0.3, 0.4) is 0 Å². The summed E-state index contributed by atoms with van der Waals surface area (Å²) in [6.45, 7) is 1.42. The average molecular weight is 138 g/mol. The minimum Gasteiger partial charge on any atom is -0.194 e. The maximum absolute atomic E-state index is 11.9. The summed E-state index contributed by atoms with van der Waals surface area (Å²) < 4.78 is 31.0. The van der Waals surface area contributed by atoms with Gasteiger partial charge in [0.25, 0.3) is 0 Å². The van der Waals surface area contributed by atoms with Gasteiger partial charge in [0.2, 0.25) is 0 Å². The fraction of sp³-hybridized carbons (Fsp3) is 1.00. The van der Waals surface area contributed by atoms with Gasteiger partial charge in [-0.2, -0.15) is 8.42 Å². The van der Waals surface area contributed by atoms with Crippen LogP contribution in [0.5, 0.6) is 0 Å². The summed E-state index contributed by atoms with van der Waals surface area (Å²) in [5, 5.41) is 0. The van der Waals surface area contributed by atoms with E-state index < -0.39 is 15.0 Å². The molecule has 0 bridgehead atoms. The highest BCUT2D eigenvalue weighted by atomic mass is 32.3. The minimum absolute atomic E-state index is 0.478. The lowest BCUT2D eigenvalue weighted by Gasteiger charge is -1.96. The molecule has 1 saturated carbocycles. The van der Waals surface area contributed by atoms with E-state index in [-0.39, 0.29) is 0 Å². The molecular weight excluding hydrogens is 131 g/mol. The first kappa shape index (κ1) is 6.01. The maximum Gasteiger partial charge on any atom is 0.307 e. The van der Waals surface area contributed by atoms with Crippen LogP contribution >= 0.6 is 0 Å². The van der Waals surface area contributed by atoms with Crippen LogP contribution in [0, 0.1) is 0 Å². The Kier molecular flexibility index (Phi) is 0.927. The molecule has 0 amide bonds. The second-order valence-electron chi connectivity index (χ2n) is 2.39. The fourth-order valence-corrected chi connectivity index (χ4v) is 1.01. The van der Waals surface area contributed by atoms with Crippen molar-refractivity contribution in [2.45, 2.75) is 24.5 Å². The van der Waals surface area contributed by atoms with Crippen LogP contribution in [0.1, 0.15) is 19.8 Å². The zero-order valence-electron chi connectivity index (χ0n) is 4.52. The highest BCUT2D eigenvalue weighted by Crippen LogP contribution is 2.43. The van der Waals surface area contributed by atoms with Gasteiger partial charge in [-0.1, -0.05) is 0 Å². The monoisotopic (exact) mass is 138 g/mol. The van der Waals surface area contributed by atoms with Crippen LogP contribution in [0.15, 0.2) is 0 Å². The van der Waals surface area contributed by atoms with Crippen molar-refractivity contribution < 1.29 is 12.3 Å². The summed E-state index contributed by atoms with van der Waals surface area (Å²) >= 11 is 0. The van der Waals surface area contributed by atoms with Crippen LogP contribution in [-0.2, 0) is 10.2 Å². The highest BCUT2D eigenvalue weighted by molar-refractivity contribution is 7.88. The minimum atomic E-state index is -4.23. The second kappa shape index (κ2) is 1.23. The summed E-state index contributed by atoms with van der Waals surface area (Å²) in [6.07, 6.45) is 0.956. The number of halogens is 1. The summed E-state index contributed by atoms with van der Waals surface area (Å²) in [7, 11) is -4.23. The standard InChI is InChI=1S/C4H7FO2S/c1-4(2-3-4)8(5,6)7/h2-3H2,1H3. The van der Waals surface area contributed by atoms with Gasteiger partial charge >= 0.3 is 10.2 Å². The highest BCUT2D eigenvalue weighted by Gasteiger charge is 2.50. The second-order valence-corrected chi connectivity index (χ2v) is 4.25. The quantitative estimate of drug-likeness (QED) is 0.503. The van der Waals surface area contributed by atoms with E-state index in [1.54, 1.807) is 0 Å². The van der Waals surface area contributed by atoms with E-state index in [1.807, 2.05) is 0 Å². The van der Waals surface area contributed by atoms with Crippen molar-refractivity contribution >= 4 is 10.2 Å². The molecule has 0 heterocycles. The first-order valence-electron chi connectivity index (χ1n) is 2.40. The summed E-state index contributed by atoms with van der Waals surface area (Å²) in [5.41, 5.74) is 0. The zero-order chi connectivity index (χ0) is 6.41.